The Morgan fingerprint density at radius 1 is 0.721 bits per heavy atom. The number of benzene rings is 1. The number of hydrogen-bond acceptors (Lipinski definition) is 15. The van der Waals surface area contributed by atoms with Crippen LogP contribution in [0, 0.1) is 0 Å². The van der Waals surface area contributed by atoms with Crippen molar-refractivity contribution in [1.29, 1.82) is 0 Å². The van der Waals surface area contributed by atoms with Crippen molar-refractivity contribution >= 4 is 70.0 Å². The third kappa shape index (κ3) is 17.6. The van der Waals surface area contributed by atoms with Gasteiger partial charge in [0, 0.05) is 103 Å². The first kappa shape index (κ1) is 54.1. The van der Waals surface area contributed by atoms with Crippen molar-refractivity contribution in [3.63, 3.8) is 0 Å². The lowest BCUT2D eigenvalue weighted by molar-refractivity contribution is -0.145. The summed E-state index contributed by atoms with van der Waals surface area (Å²) in [5.41, 5.74) is 0.581. The van der Waals surface area contributed by atoms with E-state index in [4.69, 9.17) is 0 Å². The number of pyridine rings is 1. The van der Waals surface area contributed by atoms with E-state index in [1.807, 2.05) is 0 Å². The number of halogens is 2. The molecule has 2 unspecified atom stereocenters. The Morgan fingerprint density at radius 2 is 1.25 bits per heavy atom. The molecule has 2 aromatic rings. The number of rotatable bonds is 22. The van der Waals surface area contributed by atoms with Crippen LogP contribution in [0.4, 0.5) is 14.5 Å². The summed E-state index contributed by atoms with van der Waals surface area (Å²) >= 11 is 0. The average molecular weight is 964 g/mol. The quantitative estimate of drug-likeness (QED) is 0.0579. The van der Waals surface area contributed by atoms with E-state index in [1.54, 1.807) is 31.7 Å². The first-order chi connectivity index (χ1) is 32.2. The van der Waals surface area contributed by atoms with Crippen LogP contribution in [-0.4, -0.2) is 227 Å². The number of aromatic nitrogens is 1. The number of carbonyl (C=O) groups is 9. The van der Waals surface area contributed by atoms with Gasteiger partial charge in [-0.05, 0) is 25.6 Å². The SMILES string of the molecule is CNC1CC(F)(F)CN1C(=O)CNC(=O)c1ccnc2c(NC(=O)CCC(=O)NCCNC(=O)CCC(C(=O)O)N3CCN(CC(=O)O)CCN(CC(=O)O)CCN(CC(=O)O)CC3)cccc12. The van der Waals surface area contributed by atoms with Gasteiger partial charge < -0.3 is 51.9 Å². The number of nitrogens with one attached hydrogen (secondary N) is 5. The highest BCUT2D eigenvalue weighted by molar-refractivity contribution is 6.10. The van der Waals surface area contributed by atoms with Crippen molar-refractivity contribution < 1.29 is 72.4 Å². The van der Waals surface area contributed by atoms with Crippen LogP contribution < -0.4 is 26.6 Å². The Kier molecular flexibility index (Phi) is 20.8. The molecule has 2 aliphatic rings. The van der Waals surface area contributed by atoms with Gasteiger partial charge in [-0.15, -0.1) is 0 Å². The van der Waals surface area contributed by atoms with E-state index in [9.17, 15) is 72.4 Å². The predicted octanol–water partition coefficient (Wildman–Crippen LogP) is -1.96. The summed E-state index contributed by atoms with van der Waals surface area (Å²) in [7, 11) is 1.46. The number of amides is 5. The third-order valence-corrected chi connectivity index (χ3v) is 11.3. The summed E-state index contributed by atoms with van der Waals surface area (Å²) in [6.45, 7) is -1.59. The number of alkyl halides is 2. The Labute approximate surface area is 389 Å². The number of carboxylic acid groups (broad SMARTS) is 4. The number of fused-ring (bicyclic) bond motifs is 1. The van der Waals surface area contributed by atoms with E-state index in [0.29, 0.717) is 5.39 Å². The molecule has 0 saturated carbocycles. The van der Waals surface area contributed by atoms with Gasteiger partial charge in [-0.25, -0.2) is 8.78 Å². The lowest BCUT2D eigenvalue weighted by Crippen LogP contribution is -2.52. The van der Waals surface area contributed by atoms with Crippen LogP contribution in [0.25, 0.3) is 10.9 Å². The molecule has 374 valence electrons. The molecular formula is C42H59F2N11O13. The smallest absolute Gasteiger partial charge is 0.320 e. The van der Waals surface area contributed by atoms with Crippen molar-refractivity contribution in [1.82, 2.24) is 50.8 Å². The minimum Gasteiger partial charge on any atom is -0.480 e. The largest absolute Gasteiger partial charge is 0.480 e. The fourth-order valence-corrected chi connectivity index (χ4v) is 7.83. The normalized spacial score (nSPS) is 18.1. The molecule has 0 radical (unpaired) electrons. The molecule has 26 heteroatoms. The molecule has 4 rings (SSSR count). The highest BCUT2D eigenvalue weighted by atomic mass is 19.3. The molecule has 24 nitrogen and oxygen atoms in total. The monoisotopic (exact) mass is 963 g/mol. The fraction of sp³-hybridized carbons (Fsp3) is 0.571. The minimum atomic E-state index is -3.06. The molecule has 2 saturated heterocycles. The molecule has 2 atom stereocenters. The van der Waals surface area contributed by atoms with Gasteiger partial charge in [0.1, 0.15) is 6.04 Å². The van der Waals surface area contributed by atoms with Crippen LogP contribution >= 0.6 is 0 Å². The summed E-state index contributed by atoms with van der Waals surface area (Å²) in [6, 6.07) is 4.86. The van der Waals surface area contributed by atoms with Crippen LogP contribution in [0.3, 0.4) is 0 Å². The maximum atomic E-state index is 13.9. The van der Waals surface area contributed by atoms with E-state index < -0.39 is 91.1 Å². The highest BCUT2D eigenvalue weighted by Gasteiger charge is 2.46. The van der Waals surface area contributed by atoms with E-state index in [2.05, 4.69) is 31.6 Å². The number of carbonyl (C=O) groups excluding carboxylic acids is 5. The third-order valence-electron chi connectivity index (χ3n) is 11.3. The van der Waals surface area contributed by atoms with Gasteiger partial charge in [0.25, 0.3) is 11.8 Å². The van der Waals surface area contributed by atoms with Crippen molar-refractivity contribution in [2.24, 2.45) is 0 Å². The van der Waals surface area contributed by atoms with Crippen molar-refractivity contribution in [3.05, 3.63) is 36.0 Å². The number of para-hydroxylation sites is 1. The zero-order valence-corrected chi connectivity index (χ0v) is 37.6. The second-order valence-electron chi connectivity index (χ2n) is 16.3. The standard InChI is InChI=1S/C42H59F2N11O13/c1-45-31-21-42(43,44)26-55(31)35(59)22-49-40(66)28-9-10-48-39-27(28)3-2-4-29(39)50-34(58)8-7-33(57)47-12-11-46-32(56)6-5-30(41(67)68)54-19-17-52(24-37(62)63)15-13-51(23-36(60)61)14-16-53(18-20-54)25-38(64)65/h2-4,9-10,30-31,45H,5-8,11-26H2,1H3,(H,46,56)(H,47,57)(H,49,66)(H,50,58)(H,60,61)(H,62,63)(H,64,65)(H,67,68). The zero-order valence-electron chi connectivity index (χ0n) is 37.6. The Hall–Kier alpha value is -6.48. The van der Waals surface area contributed by atoms with Crippen LogP contribution in [0.15, 0.2) is 30.5 Å². The molecule has 0 spiro atoms. The number of anilines is 1. The van der Waals surface area contributed by atoms with Crippen LogP contribution in [-0.2, 0) is 38.4 Å². The molecule has 5 amide bonds. The molecule has 2 fully saturated rings. The summed E-state index contributed by atoms with van der Waals surface area (Å²) < 4.78 is 27.8. The minimum absolute atomic E-state index is 0.0202. The van der Waals surface area contributed by atoms with Crippen LogP contribution in [0.1, 0.15) is 42.5 Å². The summed E-state index contributed by atoms with van der Waals surface area (Å²) in [4.78, 5) is 123. The molecule has 1 aromatic carbocycles. The predicted molar refractivity (Wildman–Crippen MR) is 237 cm³/mol. The molecule has 9 N–H and O–H groups in total. The number of likely N-dealkylation sites (tertiary alicyclic amines) is 1. The summed E-state index contributed by atoms with van der Waals surface area (Å²) in [5, 5.41) is 51.8. The van der Waals surface area contributed by atoms with Crippen molar-refractivity contribution in [2.45, 2.75) is 50.2 Å². The van der Waals surface area contributed by atoms with E-state index in [1.165, 1.54) is 25.4 Å². The molecular weight excluding hydrogens is 905 g/mol. The second kappa shape index (κ2) is 26.2. The summed E-state index contributed by atoms with van der Waals surface area (Å²) in [5.74, 6) is -10.6. The average Bonchev–Trinajstić information content (AvgIpc) is 3.60. The molecule has 68 heavy (non-hydrogen) atoms. The summed E-state index contributed by atoms with van der Waals surface area (Å²) in [6.07, 6.45) is -0.990. The molecule has 0 aliphatic carbocycles. The van der Waals surface area contributed by atoms with E-state index in [0.717, 1.165) is 4.90 Å². The van der Waals surface area contributed by atoms with Gasteiger partial charge in [-0.2, -0.15) is 0 Å². The highest BCUT2D eigenvalue weighted by Crippen LogP contribution is 2.31. The Bertz CT molecular complexity index is 2120. The molecule has 0 bridgehead atoms. The second-order valence-corrected chi connectivity index (χ2v) is 16.3. The van der Waals surface area contributed by atoms with Gasteiger partial charge in [-0.3, -0.25) is 67.7 Å². The lowest BCUT2D eigenvalue weighted by atomic mass is 10.1. The zero-order chi connectivity index (χ0) is 50.0. The lowest BCUT2D eigenvalue weighted by Gasteiger charge is -2.35. The number of nitrogens with zero attached hydrogens (tertiary/aromatic N) is 6. The maximum Gasteiger partial charge on any atom is 0.320 e. The first-order valence-electron chi connectivity index (χ1n) is 21.9. The number of carboxylic acids is 4. The number of hydrogen-bond donors (Lipinski definition) is 9. The van der Waals surface area contributed by atoms with Crippen molar-refractivity contribution in [3.8, 4) is 0 Å². The van der Waals surface area contributed by atoms with Gasteiger partial charge in [0.05, 0.1) is 55.7 Å². The Balaban J connectivity index is 1.23. The maximum absolute atomic E-state index is 13.9. The topological polar surface area (TPSA) is 324 Å². The molecule has 2 aliphatic heterocycles. The van der Waals surface area contributed by atoms with Crippen molar-refractivity contribution in [2.75, 3.05) is 111 Å². The van der Waals surface area contributed by atoms with Gasteiger partial charge in [0.2, 0.25) is 23.6 Å². The van der Waals surface area contributed by atoms with Crippen LogP contribution in [0.2, 0.25) is 0 Å². The van der Waals surface area contributed by atoms with E-state index >= 15 is 0 Å². The van der Waals surface area contributed by atoms with Gasteiger partial charge in [0.15, 0.2) is 0 Å². The van der Waals surface area contributed by atoms with Crippen LogP contribution in [0.5, 0.6) is 0 Å². The Morgan fingerprint density at radius 3 is 1.78 bits per heavy atom. The van der Waals surface area contributed by atoms with Gasteiger partial charge in [-0.1, -0.05) is 12.1 Å². The molecule has 1 aromatic heterocycles. The fourth-order valence-electron chi connectivity index (χ4n) is 7.83. The first-order valence-corrected chi connectivity index (χ1v) is 21.9. The van der Waals surface area contributed by atoms with Gasteiger partial charge >= 0.3 is 23.9 Å². The van der Waals surface area contributed by atoms with E-state index in [-0.39, 0.29) is 128 Å². The molecule has 3 heterocycles. The number of aliphatic carboxylic acids is 4.